The molecule has 1 saturated heterocycles. The smallest absolute Gasteiger partial charge is 0.341 e. The van der Waals surface area contributed by atoms with Crippen LogP contribution in [0, 0.1) is 6.92 Å². The summed E-state index contributed by atoms with van der Waals surface area (Å²) in [5.41, 5.74) is 2.79. The molecule has 0 aromatic carbocycles. The van der Waals surface area contributed by atoms with Crippen molar-refractivity contribution in [3.8, 4) is 0 Å². The number of hydrogen-bond donors (Lipinski definition) is 1. The van der Waals surface area contributed by atoms with Crippen molar-refractivity contribution in [2.24, 2.45) is 7.05 Å². The third-order valence-electron chi connectivity index (χ3n) is 4.64. The second-order valence-corrected chi connectivity index (χ2v) is 6.63. The van der Waals surface area contributed by atoms with Crippen LogP contribution in [0.25, 0.3) is 11.0 Å². The first kappa shape index (κ1) is 18.2. The minimum atomic E-state index is -0.387. The fraction of sp³-hybridized carbons (Fsp3) is 0.556. The number of hydrogen-bond acceptors (Lipinski definition) is 6. The number of carbonyl (C=O) groups excluding carboxylic acids is 2. The van der Waals surface area contributed by atoms with Gasteiger partial charge < -0.3 is 15.0 Å². The molecule has 0 radical (unpaired) electrons. The lowest BCUT2D eigenvalue weighted by Gasteiger charge is -2.35. The van der Waals surface area contributed by atoms with E-state index in [4.69, 9.17) is 4.74 Å². The number of pyridine rings is 1. The summed E-state index contributed by atoms with van der Waals surface area (Å²) in [6.45, 7) is 6.97. The molecule has 0 aliphatic carbocycles. The number of aryl methyl sites for hydroxylation is 2. The van der Waals surface area contributed by atoms with Crippen molar-refractivity contribution in [2.45, 2.75) is 39.7 Å². The number of fused-ring (bicyclic) bond motifs is 1. The van der Waals surface area contributed by atoms with Crippen LogP contribution >= 0.6 is 0 Å². The van der Waals surface area contributed by atoms with Crippen molar-refractivity contribution in [1.29, 1.82) is 0 Å². The van der Waals surface area contributed by atoms with Gasteiger partial charge in [0.1, 0.15) is 5.56 Å². The molecule has 1 aliphatic rings. The number of amides is 1. The average molecular weight is 359 g/mol. The molecule has 1 atom stereocenters. The normalized spacial score (nSPS) is 17.4. The summed E-state index contributed by atoms with van der Waals surface area (Å²) in [6.07, 6.45) is 3.42. The van der Waals surface area contributed by atoms with E-state index in [-0.39, 0.29) is 17.9 Å². The molecular weight excluding hydrogens is 334 g/mol. The Balaban J connectivity index is 2.10. The molecular formula is C18H25N5O3. The SMILES string of the molecule is CCOC(=O)c1cnc2c(c(C)nn2C)c1N1CCCC(NC(C)=O)C1. The summed E-state index contributed by atoms with van der Waals surface area (Å²) in [5, 5.41) is 8.32. The van der Waals surface area contributed by atoms with E-state index in [9.17, 15) is 9.59 Å². The monoisotopic (exact) mass is 359 g/mol. The Bertz CT molecular complexity index is 845. The third kappa shape index (κ3) is 3.36. The number of nitrogens with zero attached hydrogens (tertiary/aromatic N) is 4. The highest BCUT2D eigenvalue weighted by Gasteiger charge is 2.28. The molecule has 1 unspecified atom stereocenters. The highest BCUT2D eigenvalue weighted by molar-refractivity contribution is 6.05. The zero-order chi connectivity index (χ0) is 18.8. The molecule has 26 heavy (non-hydrogen) atoms. The molecule has 8 heteroatoms. The predicted molar refractivity (Wildman–Crippen MR) is 98.3 cm³/mol. The molecule has 1 aliphatic heterocycles. The van der Waals surface area contributed by atoms with E-state index in [1.165, 1.54) is 6.92 Å². The van der Waals surface area contributed by atoms with E-state index in [1.807, 2.05) is 14.0 Å². The van der Waals surface area contributed by atoms with Crippen molar-refractivity contribution in [3.05, 3.63) is 17.5 Å². The van der Waals surface area contributed by atoms with E-state index >= 15 is 0 Å². The van der Waals surface area contributed by atoms with Gasteiger partial charge in [0.25, 0.3) is 0 Å². The number of ether oxygens (including phenoxy) is 1. The summed E-state index contributed by atoms with van der Waals surface area (Å²) in [5.74, 6) is -0.429. The standard InChI is InChI=1S/C18H25N5O3/c1-5-26-18(25)14-9-19-17-15(11(2)21-22(17)4)16(14)23-8-6-7-13(10-23)20-12(3)24/h9,13H,5-8,10H2,1-4H3,(H,20,24). The number of anilines is 1. The minimum Gasteiger partial charge on any atom is -0.462 e. The molecule has 3 rings (SSSR count). The number of carbonyl (C=O) groups is 2. The molecule has 1 amide bonds. The second-order valence-electron chi connectivity index (χ2n) is 6.63. The third-order valence-corrected chi connectivity index (χ3v) is 4.64. The van der Waals surface area contributed by atoms with Crippen LogP contribution < -0.4 is 10.2 Å². The van der Waals surface area contributed by atoms with Gasteiger partial charge in [-0.15, -0.1) is 0 Å². The fourth-order valence-electron chi connectivity index (χ4n) is 3.67. The fourth-order valence-corrected chi connectivity index (χ4v) is 3.67. The number of aromatic nitrogens is 3. The summed E-state index contributed by atoms with van der Waals surface area (Å²) >= 11 is 0. The van der Waals surface area contributed by atoms with Gasteiger partial charge in [0.2, 0.25) is 5.91 Å². The van der Waals surface area contributed by atoms with Crippen LogP contribution in [0.1, 0.15) is 42.7 Å². The van der Waals surface area contributed by atoms with Gasteiger partial charge in [-0.05, 0) is 26.7 Å². The minimum absolute atomic E-state index is 0.0418. The van der Waals surface area contributed by atoms with Crippen LogP contribution in [0.2, 0.25) is 0 Å². The quantitative estimate of drug-likeness (QED) is 0.834. The van der Waals surface area contributed by atoms with Gasteiger partial charge in [-0.25, -0.2) is 9.78 Å². The largest absolute Gasteiger partial charge is 0.462 e. The maximum atomic E-state index is 12.5. The average Bonchev–Trinajstić information content (AvgIpc) is 2.88. The van der Waals surface area contributed by atoms with Gasteiger partial charge in [0, 0.05) is 39.3 Å². The topological polar surface area (TPSA) is 89.3 Å². The number of piperidine rings is 1. The van der Waals surface area contributed by atoms with Crippen molar-refractivity contribution in [3.63, 3.8) is 0 Å². The lowest BCUT2D eigenvalue weighted by Crippen LogP contribution is -2.47. The highest BCUT2D eigenvalue weighted by atomic mass is 16.5. The predicted octanol–water partition coefficient (Wildman–Crippen LogP) is 1.56. The van der Waals surface area contributed by atoms with Gasteiger partial charge in [-0.1, -0.05) is 0 Å². The Morgan fingerprint density at radius 3 is 2.88 bits per heavy atom. The Morgan fingerprint density at radius 1 is 1.42 bits per heavy atom. The Kier molecular flexibility index (Phi) is 5.11. The zero-order valence-corrected chi connectivity index (χ0v) is 15.7. The molecule has 2 aromatic rings. The van der Waals surface area contributed by atoms with Gasteiger partial charge in [0.05, 0.1) is 23.4 Å². The van der Waals surface area contributed by atoms with Gasteiger partial charge >= 0.3 is 5.97 Å². The van der Waals surface area contributed by atoms with Gasteiger partial charge in [0.15, 0.2) is 5.65 Å². The second kappa shape index (κ2) is 7.31. The summed E-state index contributed by atoms with van der Waals surface area (Å²) < 4.78 is 6.96. The van der Waals surface area contributed by atoms with Crippen molar-refractivity contribution in [2.75, 3.05) is 24.6 Å². The summed E-state index contributed by atoms with van der Waals surface area (Å²) in [4.78, 5) is 30.6. The van der Waals surface area contributed by atoms with E-state index in [0.717, 1.165) is 41.8 Å². The number of rotatable bonds is 4. The lowest BCUT2D eigenvalue weighted by molar-refractivity contribution is -0.119. The Labute approximate surface area is 152 Å². The molecule has 8 nitrogen and oxygen atoms in total. The Morgan fingerprint density at radius 2 is 2.19 bits per heavy atom. The van der Waals surface area contributed by atoms with Crippen LogP contribution in [0.3, 0.4) is 0 Å². The highest BCUT2D eigenvalue weighted by Crippen LogP contribution is 2.34. The van der Waals surface area contributed by atoms with Crippen LogP contribution in [0.4, 0.5) is 5.69 Å². The first-order chi connectivity index (χ1) is 12.4. The van der Waals surface area contributed by atoms with Crippen molar-refractivity contribution >= 4 is 28.6 Å². The molecule has 0 saturated carbocycles. The molecule has 0 bridgehead atoms. The maximum Gasteiger partial charge on any atom is 0.341 e. The van der Waals surface area contributed by atoms with Gasteiger partial charge in [-0.3, -0.25) is 9.48 Å². The van der Waals surface area contributed by atoms with Crippen molar-refractivity contribution < 1.29 is 14.3 Å². The molecule has 1 N–H and O–H groups in total. The van der Waals surface area contributed by atoms with Gasteiger partial charge in [-0.2, -0.15) is 5.10 Å². The Hall–Kier alpha value is -2.64. The van der Waals surface area contributed by atoms with Crippen LogP contribution in [-0.4, -0.2) is 52.4 Å². The zero-order valence-electron chi connectivity index (χ0n) is 15.7. The van der Waals surface area contributed by atoms with Crippen LogP contribution in [0.15, 0.2) is 6.20 Å². The molecule has 0 spiro atoms. The summed E-state index contributed by atoms with van der Waals surface area (Å²) in [6, 6.07) is 0.0523. The van der Waals surface area contributed by atoms with E-state index in [0.29, 0.717) is 18.7 Å². The molecule has 3 heterocycles. The molecule has 1 fully saturated rings. The summed E-state index contributed by atoms with van der Waals surface area (Å²) in [7, 11) is 1.84. The van der Waals surface area contributed by atoms with Crippen molar-refractivity contribution in [1.82, 2.24) is 20.1 Å². The lowest BCUT2D eigenvalue weighted by atomic mass is 10.0. The number of nitrogens with one attached hydrogen (secondary N) is 1. The van der Waals surface area contributed by atoms with E-state index in [1.54, 1.807) is 17.8 Å². The van der Waals surface area contributed by atoms with Crippen LogP contribution in [-0.2, 0) is 16.6 Å². The molecule has 140 valence electrons. The first-order valence-corrected chi connectivity index (χ1v) is 8.93. The first-order valence-electron chi connectivity index (χ1n) is 8.93. The number of esters is 1. The maximum absolute atomic E-state index is 12.5. The molecule has 2 aromatic heterocycles. The van der Waals surface area contributed by atoms with E-state index < -0.39 is 0 Å². The van der Waals surface area contributed by atoms with E-state index in [2.05, 4.69) is 20.3 Å². The van der Waals surface area contributed by atoms with Crippen LogP contribution in [0.5, 0.6) is 0 Å².